The van der Waals surface area contributed by atoms with E-state index in [1.807, 2.05) is 6.07 Å². The Morgan fingerprint density at radius 3 is 2.63 bits per heavy atom. The number of aromatic hydroxyl groups is 1. The molecule has 100 valence electrons. The summed E-state index contributed by atoms with van der Waals surface area (Å²) in [7, 11) is 1.69. The van der Waals surface area contributed by atoms with E-state index in [0.29, 0.717) is 6.42 Å². The monoisotopic (exact) mass is 263 g/mol. The van der Waals surface area contributed by atoms with Gasteiger partial charge in [-0.2, -0.15) is 0 Å². The van der Waals surface area contributed by atoms with E-state index in [4.69, 9.17) is 0 Å². The van der Waals surface area contributed by atoms with E-state index in [2.05, 4.69) is 5.32 Å². The minimum Gasteiger partial charge on any atom is -0.508 e. The van der Waals surface area contributed by atoms with Crippen molar-refractivity contribution in [3.8, 4) is 5.75 Å². The molecule has 0 amide bonds. The summed E-state index contributed by atoms with van der Waals surface area (Å²) in [6.07, 6.45) is 0.464. The molecular formula is C15H15F2NO. The lowest BCUT2D eigenvalue weighted by Crippen LogP contribution is -2.20. The molecular weight excluding hydrogens is 248 g/mol. The van der Waals surface area contributed by atoms with Crippen molar-refractivity contribution in [1.82, 2.24) is 5.32 Å². The Labute approximate surface area is 110 Å². The second kappa shape index (κ2) is 5.80. The number of hydrogen-bond donors (Lipinski definition) is 2. The molecule has 0 aliphatic rings. The standard InChI is InChI=1S/C15H15F2NO/c1-18-15(8-10-3-2-4-12(19)7-10)13-9-11(16)5-6-14(13)17/h2-7,9,15,18-19H,8H2,1H3. The molecule has 0 radical (unpaired) electrons. The third-order valence-electron chi connectivity index (χ3n) is 3.03. The summed E-state index contributed by atoms with van der Waals surface area (Å²) in [5, 5.41) is 12.4. The molecule has 0 aliphatic heterocycles. The first-order valence-corrected chi connectivity index (χ1v) is 6.00. The van der Waals surface area contributed by atoms with Gasteiger partial charge in [0.1, 0.15) is 17.4 Å². The average Bonchev–Trinajstić information content (AvgIpc) is 2.39. The van der Waals surface area contributed by atoms with Gasteiger partial charge in [0, 0.05) is 11.6 Å². The van der Waals surface area contributed by atoms with E-state index < -0.39 is 11.6 Å². The van der Waals surface area contributed by atoms with Crippen LogP contribution in [0.4, 0.5) is 8.78 Å². The van der Waals surface area contributed by atoms with Gasteiger partial charge in [0.05, 0.1) is 0 Å². The summed E-state index contributed by atoms with van der Waals surface area (Å²) in [5.41, 5.74) is 1.13. The fraction of sp³-hybridized carbons (Fsp3) is 0.200. The maximum absolute atomic E-state index is 13.7. The van der Waals surface area contributed by atoms with E-state index in [1.165, 1.54) is 6.07 Å². The van der Waals surface area contributed by atoms with E-state index in [1.54, 1.807) is 25.2 Å². The molecule has 2 aromatic rings. The Kier molecular flexibility index (Phi) is 4.12. The lowest BCUT2D eigenvalue weighted by Gasteiger charge is -2.17. The van der Waals surface area contributed by atoms with Crippen molar-refractivity contribution in [3.05, 3.63) is 65.2 Å². The van der Waals surface area contributed by atoms with Crippen LogP contribution in [0.15, 0.2) is 42.5 Å². The van der Waals surface area contributed by atoms with Gasteiger partial charge in [0.2, 0.25) is 0 Å². The molecule has 1 unspecified atom stereocenters. The normalized spacial score (nSPS) is 12.4. The predicted octanol–water partition coefficient (Wildman–Crippen LogP) is 3.17. The molecule has 0 spiro atoms. The summed E-state index contributed by atoms with van der Waals surface area (Å²) >= 11 is 0. The molecule has 0 heterocycles. The van der Waals surface area contributed by atoms with Crippen molar-refractivity contribution >= 4 is 0 Å². The van der Waals surface area contributed by atoms with Crippen molar-refractivity contribution in [3.63, 3.8) is 0 Å². The fourth-order valence-corrected chi connectivity index (χ4v) is 2.07. The summed E-state index contributed by atoms with van der Waals surface area (Å²) in [4.78, 5) is 0. The highest BCUT2D eigenvalue weighted by atomic mass is 19.1. The van der Waals surface area contributed by atoms with Crippen molar-refractivity contribution in [1.29, 1.82) is 0 Å². The van der Waals surface area contributed by atoms with E-state index >= 15 is 0 Å². The van der Waals surface area contributed by atoms with Crippen molar-refractivity contribution < 1.29 is 13.9 Å². The number of phenolic OH excluding ortho intramolecular Hbond substituents is 1. The molecule has 0 saturated heterocycles. The number of rotatable bonds is 4. The second-order valence-corrected chi connectivity index (χ2v) is 4.38. The average molecular weight is 263 g/mol. The van der Waals surface area contributed by atoms with Crippen LogP contribution in [0.5, 0.6) is 5.75 Å². The van der Waals surface area contributed by atoms with Crippen LogP contribution in [0.2, 0.25) is 0 Å². The highest BCUT2D eigenvalue weighted by molar-refractivity contribution is 5.30. The molecule has 0 bridgehead atoms. The summed E-state index contributed by atoms with van der Waals surface area (Å²) in [6, 6.07) is 9.80. The number of likely N-dealkylation sites (N-methyl/N-ethyl adjacent to an activating group) is 1. The van der Waals surface area contributed by atoms with E-state index in [-0.39, 0.29) is 17.4 Å². The van der Waals surface area contributed by atoms with Crippen LogP contribution < -0.4 is 5.32 Å². The quantitative estimate of drug-likeness (QED) is 0.888. The number of nitrogens with one attached hydrogen (secondary N) is 1. The molecule has 0 aromatic heterocycles. The van der Waals surface area contributed by atoms with Crippen molar-refractivity contribution in [2.24, 2.45) is 0 Å². The van der Waals surface area contributed by atoms with Crippen LogP contribution in [-0.2, 0) is 6.42 Å². The lowest BCUT2D eigenvalue weighted by atomic mass is 9.98. The van der Waals surface area contributed by atoms with Crippen LogP contribution >= 0.6 is 0 Å². The molecule has 4 heteroatoms. The molecule has 2 aromatic carbocycles. The number of phenols is 1. The lowest BCUT2D eigenvalue weighted by molar-refractivity contribution is 0.473. The molecule has 19 heavy (non-hydrogen) atoms. The van der Waals surface area contributed by atoms with E-state index in [0.717, 1.165) is 17.7 Å². The Balaban J connectivity index is 2.27. The first-order valence-electron chi connectivity index (χ1n) is 6.00. The van der Waals surface area contributed by atoms with Crippen molar-refractivity contribution in [2.45, 2.75) is 12.5 Å². The van der Waals surface area contributed by atoms with Gasteiger partial charge in [-0.05, 0) is 49.4 Å². The Morgan fingerprint density at radius 2 is 1.95 bits per heavy atom. The van der Waals surface area contributed by atoms with Crippen LogP contribution in [0, 0.1) is 11.6 Å². The van der Waals surface area contributed by atoms with Gasteiger partial charge in [-0.1, -0.05) is 12.1 Å². The first kappa shape index (κ1) is 13.5. The van der Waals surface area contributed by atoms with Gasteiger partial charge in [0.15, 0.2) is 0 Å². The zero-order valence-electron chi connectivity index (χ0n) is 10.5. The topological polar surface area (TPSA) is 32.3 Å². The zero-order chi connectivity index (χ0) is 13.8. The largest absolute Gasteiger partial charge is 0.508 e. The van der Waals surface area contributed by atoms with Crippen LogP contribution in [-0.4, -0.2) is 12.2 Å². The van der Waals surface area contributed by atoms with Crippen LogP contribution in [0.3, 0.4) is 0 Å². The van der Waals surface area contributed by atoms with Gasteiger partial charge < -0.3 is 10.4 Å². The molecule has 2 nitrogen and oxygen atoms in total. The molecule has 0 saturated carbocycles. The number of benzene rings is 2. The predicted molar refractivity (Wildman–Crippen MR) is 70.0 cm³/mol. The molecule has 2 rings (SSSR count). The SMILES string of the molecule is CNC(Cc1cccc(O)c1)c1cc(F)ccc1F. The molecule has 1 atom stereocenters. The summed E-state index contributed by atoms with van der Waals surface area (Å²) in [5.74, 6) is -0.750. The Bertz CT molecular complexity index is 572. The maximum atomic E-state index is 13.7. The Morgan fingerprint density at radius 1 is 1.16 bits per heavy atom. The number of halogens is 2. The van der Waals surface area contributed by atoms with Crippen LogP contribution in [0.1, 0.15) is 17.2 Å². The Hall–Kier alpha value is -1.94. The van der Waals surface area contributed by atoms with Gasteiger partial charge in [-0.25, -0.2) is 8.78 Å². The van der Waals surface area contributed by atoms with Gasteiger partial charge in [0.25, 0.3) is 0 Å². The smallest absolute Gasteiger partial charge is 0.128 e. The van der Waals surface area contributed by atoms with Crippen molar-refractivity contribution in [2.75, 3.05) is 7.05 Å². The van der Waals surface area contributed by atoms with E-state index in [9.17, 15) is 13.9 Å². The zero-order valence-corrected chi connectivity index (χ0v) is 10.5. The number of hydrogen-bond acceptors (Lipinski definition) is 2. The van der Waals surface area contributed by atoms with Crippen LogP contribution in [0.25, 0.3) is 0 Å². The highest BCUT2D eigenvalue weighted by Crippen LogP contribution is 2.23. The van der Waals surface area contributed by atoms with Gasteiger partial charge in [-0.3, -0.25) is 0 Å². The minimum atomic E-state index is -0.465. The summed E-state index contributed by atoms with van der Waals surface area (Å²) < 4.78 is 26.9. The van der Waals surface area contributed by atoms with Gasteiger partial charge >= 0.3 is 0 Å². The molecule has 0 fully saturated rings. The first-order chi connectivity index (χ1) is 9.10. The fourth-order valence-electron chi connectivity index (χ4n) is 2.07. The highest BCUT2D eigenvalue weighted by Gasteiger charge is 2.15. The second-order valence-electron chi connectivity index (χ2n) is 4.38. The molecule has 0 aliphatic carbocycles. The third kappa shape index (κ3) is 3.29. The summed E-state index contributed by atoms with van der Waals surface area (Å²) in [6.45, 7) is 0. The third-order valence-corrected chi connectivity index (χ3v) is 3.03. The molecule has 2 N–H and O–H groups in total. The van der Waals surface area contributed by atoms with Gasteiger partial charge in [-0.15, -0.1) is 0 Å². The minimum absolute atomic E-state index is 0.159. The maximum Gasteiger partial charge on any atom is 0.128 e.